The van der Waals surface area contributed by atoms with E-state index >= 15 is 0 Å². The van der Waals surface area contributed by atoms with Gasteiger partial charge in [0.05, 0.1) is 33.4 Å². The van der Waals surface area contributed by atoms with Crippen molar-refractivity contribution in [2.75, 3.05) is 40.1 Å². The second kappa shape index (κ2) is 36.1. The maximum Gasteiger partial charge on any atom is 1.00 e. The van der Waals surface area contributed by atoms with E-state index in [1.165, 1.54) is 23.9 Å². The van der Waals surface area contributed by atoms with Gasteiger partial charge in [-0.25, -0.2) is 31.4 Å². The monoisotopic (exact) mass is 1420 g/mol. The van der Waals surface area contributed by atoms with Crippen LogP contribution in [-0.2, 0) is 71.7 Å². The van der Waals surface area contributed by atoms with Crippen LogP contribution in [0.2, 0.25) is 0 Å². The van der Waals surface area contributed by atoms with Crippen molar-refractivity contribution in [1.29, 1.82) is 0 Å². The number of allylic oxidation sites excluding steroid dienone is 7. The average molecular weight is 1420 g/mol. The van der Waals surface area contributed by atoms with Crippen LogP contribution in [0, 0.1) is 13.0 Å². The van der Waals surface area contributed by atoms with Gasteiger partial charge in [-0.15, -0.1) is 31.3 Å². The Morgan fingerprint density at radius 3 is 2.07 bits per heavy atom. The maximum atomic E-state index is 13.3. The molecule has 494 valence electrons. The largest absolute Gasteiger partial charge is 1.00 e. The van der Waals surface area contributed by atoms with Gasteiger partial charge in [-0.2, -0.15) is 29.6 Å². The fourth-order valence-corrected chi connectivity index (χ4v) is 12.5. The molecule has 4 heterocycles. The summed E-state index contributed by atoms with van der Waals surface area (Å²) < 4.78 is 132. The maximum absolute atomic E-state index is 13.3. The molecule has 7 aromatic rings. The molecule has 24 nitrogen and oxygen atoms in total. The second-order valence-electron chi connectivity index (χ2n) is 23.2. The third kappa shape index (κ3) is 22.1. The van der Waals surface area contributed by atoms with Crippen molar-refractivity contribution in [3.63, 3.8) is 0 Å². The number of benzene rings is 5. The van der Waals surface area contributed by atoms with Gasteiger partial charge in [0, 0.05) is 57.5 Å². The number of ether oxygens (including phenoxy) is 1. The van der Waals surface area contributed by atoms with Crippen LogP contribution in [0.25, 0.3) is 11.2 Å². The Hall–Kier alpha value is -6.32. The summed E-state index contributed by atoms with van der Waals surface area (Å²) in [5.74, 6) is 0.586. The molecule has 1 aliphatic carbocycles. The number of rotatable bonds is 22. The molecule has 0 saturated heterocycles. The van der Waals surface area contributed by atoms with E-state index in [4.69, 9.17) is 35.7 Å². The Kier molecular flexibility index (Phi) is 30.3. The molecule has 2 aliphatic heterocycles. The molecule has 0 unspecified atom stereocenters. The summed E-state index contributed by atoms with van der Waals surface area (Å²) in [6.45, 7) is 14.0. The number of amides is 1. The van der Waals surface area contributed by atoms with Crippen LogP contribution >= 0.6 is 0 Å². The molecule has 0 fully saturated rings. The van der Waals surface area contributed by atoms with Gasteiger partial charge in [-0.1, -0.05) is 63.6 Å². The van der Waals surface area contributed by atoms with E-state index < -0.39 is 58.2 Å². The van der Waals surface area contributed by atoms with E-state index in [0.717, 1.165) is 95.9 Å². The molecule has 5 N–H and O–H groups in total. The number of fused-ring (bicyclic) bond motifs is 3. The third-order valence-corrected chi connectivity index (χ3v) is 17.7. The number of aromatic nitrogens is 4. The van der Waals surface area contributed by atoms with Crippen LogP contribution in [0.3, 0.4) is 0 Å². The molecule has 31 heteroatoms. The number of carbonyl (C=O) groups excluding carboxylic acids is 1. The number of hydrogen-bond donors (Lipinski definition) is 4. The first-order valence-electron chi connectivity index (χ1n) is 29.7. The zero-order chi connectivity index (χ0) is 68.1. The number of nitrogens with zero attached hydrogens (tertiary/aromatic N) is 5. The molecule has 0 atom stereocenters. The van der Waals surface area contributed by atoms with Gasteiger partial charge in [0.15, 0.2) is 16.9 Å². The summed E-state index contributed by atoms with van der Waals surface area (Å²) in [6.07, 6.45) is 16.0. The minimum Gasteiger partial charge on any atom is -0.748 e. The van der Waals surface area contributed by atoms with Gasteiger partial charge in [-0.3, -0.25) is 14.6 Å². The zero-order valence-electron chi connectivity index (χ0n) is 54.7. The minimum absolute atomic E-state index is 0. The molecule has 3 aliphatic rings. The average Bonchev–Trinajstić information content (AvgIpc) is 1.43. The number of hydrogen-bond acceptors (Lipinski definition) is 21. The Morgan fingerprint density at radius 1 is 0.804 bits per heavy atom. The van der Waals surface area contributed by atoms with Gasteiger partial charge in [0.1, 0.15) is 33.9 Å². The van der Waals surface area contributed by atoms with Crippen LogP contribution in [0.15, 0.2) is 172 Å². The number of nitrogens with two attached hydrogens (primary N) is 1. The molecule has 10 rings (SSSR count). The number of aryl methyl sites for hydroxylation is 2. The standard InChI is InChI=1S/C66H70N9O9S2.3Na.2O3S/c1-6-7-37-74-55-16-9-8-15-53(55)65(2,3)57(74)35-25-45-13-12-14-46(26-36-58-66(4,5)54-40-52(86(81,82)83)33-34-56(54)75(58)38-10-11-39-85(78,79)80)60(45)84-51-31-21-44(22-32-51)18-17-43-19-27-49(28-20-43)71-62(76)47-23-29-48(30-24-47)68-41-50-42-69-61-59(70-50)63(77)73-64(67)72-61;;;;2*1-4(2)3/h9,15-16,19-36,40,42,68H,1,6-7,10-14,17-18,37-39,41H2,2-5H3,(H,71,76)(H,78,79,80)(H,81,82,83)(H3,67,69,72,73,77);;;;;/q-1;3*+1;;/p-2. The van der Waals surface area contributed by atoms with Crippen LogP contribution in [0.4, 0.5) is 28.7 Å². The summed E-state index contributed by atoms with van der Waals surface area (Å²) in [5, 5.41) is 6.21. The topological polar surface area (TPSA) is 371 Å². The van der Waals surface area contributed by atoms with E-state index in [1.54, 1.807) is 30.3 Å². The number of H-pyrrole nitrogens is 1. The summed E-state index contributed by atoms with van der Waals surface area (Å²) >= 11 is 0. The van der Waals surface area contributed by atoms with Gasteiger partial charge in [-0.05, 0) is 158 Å². The van der Waals surface area contributed by atoms with E-state index in [1.807, 2.05) is 67.3 Å². The number of aromatic amines is 1. The molecule has 0 bridgehead atoms. The van der Waals surface area contributed by atoms with Crippen LogP contribution < -0.4 is 120 Å². The fourth-order valence-electron chi connectivity index (χ4n) is 11.5. The van der Waals surface area contributed by atoms with Crippen LogP contribution in [0.5, 0.6) is 5.75 Å². The van der Waals surface area contributed by atoms with Crippen molar-refractivity contribution in [2.24, 2.45) is 0 Å². The predicted molar refractivity (Wildman–Crippen MR) is 352 cm³/mol. The number of anilines is 4. The SMILES string of the molecule is O=S(=O)=O.O=S(=O)=O.[CH2-]CCC[N+]1=C(C=CC2=C(Oc3ccc(CCc4ccc(NC(=O)c5ccc(NCc6cnc7nc(N)[nH]c(=O)c7n6)cc5)cc4)cc3)C(=CC=C3N(CCCCS(=O)(=O)[O-])c4ccc(S(=O)(=O)[O-])cc4C3(C)C)CCC2)C(C)(C)c2c[c-]ccc21.[Na+].[Na+].[Na+]. The molecule has 0 spiro atoms. The Bertz CT molecular complexity index is 4690. The van der Waals surface area contributed by atoms with Crippen molar-refractivity contribution in [3.8, 4) is 5.75 Å². The predicted octanol–water partition coefficient (Wildman–Crippen LogP) is -0.350. The van der Waals surface area contributed by atoms with Crippen LogP contribution in [-0.4, -0.2) is 106 Å². The molecule has 97 heavy (non-hydrogen) atoms. The smallest absolute Gasteiger partial charge is 0.748 e. The Balaban J connectivity index is 0.00000146. The Labute approximate surface area is 633 Å². The number of unbranched alkanes of at least 4 members (excludes halogenated alkanes) is 2. The third-order valence-electron chi connectivity index (χ3n) is 16.1. The first-order chi connectivity index (χ1) is 44.5. The molecule has 5 aromatic carbocycles. The van der Waals surface area contributed by atoms with E-state index in [0.29, 0.717) is 53.3 Å². The summed E-state index contributed by atoms with van der Waals surface area (Å²) in [4.78, 5) is 42.2. The van der Waals surface area contributed by atoms with Gasteiger partial charge >= 0.3 is 110 Å². The molecule has 2 aromatic heterocycles. The number of nitrogen functional groups attached to an aromatic ring is 1. The van der Waals surface area contributed by atoms with Gasteiger partial charge in [0.25, 0.3) is 11.5 Å². The van der Waals surface area contributed by atoms with E-state index in [2.05, 4.69) is 104 Å². The van der Waals surface area contributed by atoms with Crippen molar-refractivity contribution >= 4 is 92.9 Å². The quantitative estimate of drug-likeness (QED) is 0.0221. The molecular formula is C66H68N9Na3O15S4. The Morgan fingerprint density at radius 2 is 1.44 bits per heavy atom. The fraction of sp³-hybridized carbons (Fsp3) is 0.288. The molecular weight excluding hydrogens is 1360 g/mol. The number of nitrogens with one attached hydrogen (secondary N) is 3. The van der Waals surface area contributed by atoms with Crippen molar-refractivity contribution in [3.05, 3.63) is 219 Å². The summed E-state index contributed by atoms with van der Waals surface area (Å²) in [5.41, 5.74) is 16.6. The first-order valence-corrected chi connectivity index (χ1v) is 34.7. The van der Waals surface area contributed by atoms with E-state index in [9.17, 15) is 35.5 Å². The van der Waals surface area contributed by atoms with Crippen molar-refractivity contribution in [1.82, 2.24) is 19.9 Å². The zero-order valence-corrected chi connectivity index (χ0v) is 64.0. The minimum atomic E-state index is -4.77. The summed E-state index contributed by atoms with van der Waals surface area (Å²) in [6, 6.07) is 36.7. The molecule has 0 radical (unpaired) electrons. The second-order valence-corrected chi connectivity index (χ2v) is 26.9. The van der Waals surface area contributed by atoms with E-state index in [-0.39, 0.29) is 135 Å². The van der Waals surface area contributed by atoms with Crippen molar-refractivity contribution < 1.29 is 154 Å². The first kappa shape index (κ1) is 81.4. The van der Waals surface area contributed by atoms with Gasteiger partial charge < -0.3 is 42.0 Å². The van der Waals surface area contributed by atoms with Gasteiger partial charge in [0.2, 0.25) is 5.95 Å². The summed E-state index contributed by atoms with van der Waals surface area (Å²) in [7, 11) is -15.4. The number of carbonyl (C=O) groups is 1. The molecule has 0 saturated carbocycles. The normalized spacial score (nSPS) is 15.2. The van der Waals surface area contributed by atoms with Crippen molar-refractivity contribution in [2.45, 2.75) is 108 Å². The van der Waals surface area contributed by atoms with Crippen LogP contribution in [0.1, 0.15) is 111 Å². The molecule has 1 amide bonds.